The van der Waals surface area contributed by atoms with E-state index in [1.807, 2.05) is 0 Å². The quantitative estimate of drug-likeness (QED) is 0.331. The molecule has 54 valence electrons. The van der Waals surface area contributed by atoms with Crippen molar-refractivity contribution in [2.75, 3.05) is 0 Å². The van der Waals surface area contributed by atoms with Gasteiger partial charge in [-0.25, -0.2) is 0 Å². The molecule has 0 aromatic carbocycles. The molecule has 0 aliphatic heterocycles. The summed E-state index contributed by atoms with van der Waals surface area (Å²) >= 11 is 0. The molecule has 0 N–H and O–H groups in total. The highest BCUT2D eigenvalue weighted by atomic mass is 16.1. The summed E-state index contributed by atoms with van der Waals surface area (Å²) in [5.74, 6) is -0.0133. The van der Waals surface area contributed by atoms with E-state index in [2.05, 4.69) is 11.6 Å². The summed E-state index contributed by atoms with van der Waals surface area (Å²) in [6, 6.07) is 0. The molecule has 0 aliphatic rings. The lowest BCUT2D eigenvalue weighted by Crippen LogP contribution is -1.91. The van der Waals surface area contributed by atoms with Crippen LogP contribution in [0.25, 0.3) is 0 Å². The van der Waals surface area contributed by atoms with E-state index >= 15 is 0 Å². The number of Topliss-reactive ketones (excluding diaryl/α,β-unsaturated/α-hetero) is 1. The summed E-state index contributed by atoms with van der Waals surface area (Å²) in [5.41, 5.74) is 0.540. The summed E-state index contributed by atoms with van der Waals surface area (Å²) in [7, 11) is 0. The van der Waals surface area contributed by atoms with Crippen molar-refractivity contribution in [3.8, 4) is 0 Å². The Bertz CT molecular complexity index is 189. The van der Waals surface area contributed by atoms with Gasteiger partial charge in [-0.3, -0.25) is 9.79 Å². The van der Waals surface area contributed by atoms with Gasteiger partial charge in [-0.05, 0) is 13.8 Å². The third-order valence-electron chi connectivity index (χ3n) is 0.989. The lowest BCUT2D eigenvalue weighted by molar-refractivity contribution is -0.113. The average Bonchev–Trinajstić information content (AvgIpc) is 1.89. The largest absolute Gasteiger partial charge is 0.294 e. The number of nitrogens with zero attached hydrogens (tertiary/aromatic N) is 1. The number of rotatable bonds is 3. The maximum Gasteiger partial charge on any atom is 0.161 e. The van der Waals surface area contributed by atoms with Gasteiger partial charge in [0, 0.05) is 18.0 Å². The van der Waals surface area contributed by atoms with Gasteiger partial charge in [0.2, 0.25) is 0 Å². The third-order valence-corrected chi connectivity index (χ3v) is 0.989. The molecule has 0 rings (SSSR count). The summed E-state index contributed by atoms with van der Waals surface area (Å²) in [6.07, 6.45) is 4.61. The molecular weight excluding hydrogens is 126 g/mol. The van der Waals surface area contributed by atoms with Crippen LogP contribution in [-0.2, 0) is 4.79 Å². The molecule has 2 nitrogen and oxygen atoms in total. The molecule has 0 radical (unpaired) electrons. The van der Waals surface area contributed by atoms with Crippen LogP contribution in [0.3, 0.4) is 0 Å². The fourth-order valence-corrected chi connectivity index (χ4v) is 0.442. The van der Waals surface area contributed by atoms with Gasteiger partial charge < -0.3 is 0 Å². The van der Waals surface area contributed by atoms with Crippen molar-refractivity contribution in [2.45, 2.75) is 13.8 Å². The topological polar surface area (TPSA) is 29.4 Å². The standard InChI is InChI=1S/C8H11NO/c1-4-8(7(3)10)6-9-5-2/h4-6H,1H2,2-3H3/b8-6+,9-5?. The molecule has 0 saturated carbocycles. The Morgan fingerprint density at radius 1 is 1.60 bits per heavy atom. The van der Waals surface area contributed by atoms with Gasteiger partial charge >= 0.3 is 0 Å². The van der Waals surface area contributed by atoms with Crippen LogP contribution in [0.2, 0.25) is 0 Å². The molecule has 0 atom stereocenters. The van der Waals surface area contributed by atoms with Crippen molar-refractivity contribution in [1.82, 2.24) is 0 Å². The highest BCUT2D eigenvalue weighted by Crippen LogP contribution is 1.96. The molecule has 2 heteroatoms. The minimum atomic E-state index is -0.0133. The number of carbonyl (C=O) groups excluding carboxylic acids is 1. The van der Waals surface area contributed by atoms with E-state index in [1.165, 1.54) is 19.2 Å². The van der Waals surface area contributed by atoms with E-state index < -0.39 is 0 Å². The Balaban J connectivity index is 4.33. The molecule has 0 bridgehead atoms. The molecule has 0 fully saturated rings. The minimum Gasteiger partial charge on any atom is -0.294 e. The predicted octanol–water partition coefficient (Wildman–Crippen LogP) is 1.74. The SMILES string of the molecule is C=C/C(=C\N=CC)C(C)=O. The fraction of sp³-hybridized carbons (Fsp3) is 0.250. The summed E-state index contributed by atoms with van der Waals surface area (Å²) in [5, 5.41) is 0. The second-order valence-corrected chi connectivity index (χ2v) is 1.75. The zero-order chi connectivity index (χ0) is 7.98. The smallest absolute Gasteiger partial charge is 0.161 e. The maximum absolute atomic E-state index is 10.7. The molecule has 0 aliphatic carbocycles. The first-order valence-corrected chi connectivity index (χ1v) is 3.03. The van der Waals surface area contributed by atoms with Gasteiger partial charge in [0.25, 0.3) is 0 Å². The Labute approximate surface area is 61.0 Å². The lowest BCUT2D eigenvalue weighted by atomic mass is 10.2. The molecule has 0 aromatic rings. The highest BCUT2D eigenvalue weighted by molar-refractivity contribution is 5.95. The Kier molecular flexibility index (Phi) is 4.12. The van der Waals surface area contributed by atoms with E-state index in [9.17, 15) is 4.79 Å². The first-order chi connectivity index (χ1) is 4.72. The van der Waals surface area contributed by atoms with Gasteiger partial charge in [-0.1, -0.05) is 12.7 Å². The van der Waals surface area contributed by atoms with Gasteiger partial charge in [0.05, 0.1) is 0 Å². The second kappa shape index (κ2) is 4.68. The first kappa shape index (κ1) is 8.82. The molecule has 10 heavy (non-hydrogen) atoms. The van der Waals surface area contributed by atoms with Crippen LogP contribution < -0.4 is 0 Å². The van der Waals surface area contributed by atoms with Gasteiger partial charge in [-0.15, -0.1) is 0 Å². The minimum absolute atomic E-state index is 0.0133. The van der Waals surface area contributed by atoms with Crippen LogP contribution in [0.15, 0.2) is 29.4 Å². The van der Waals surface area contributed by atoms with Crippen molar-refractivity contribution in [1.29, 1.82) is 0 Å². The van der Waals surface area contributed by atoms with E-state index in [0.29, 0.717) is 5.57 Å². The molecule has 0 heterocycles. The van der Waals surface area contributed by atoms with Gasteiger partial charge in [-0.2, -0.15) is 0 Å². The number of allylic oxidation sites excluding steroid dienone is 2. The van der Waals surface area contributed by atoms with E-state index in [-0.39, 0.29) is 5.78 Å². The van der Waals surface area contributed by atoms with Crippen molar-refractivity contribution >= 4 is 12.0 Å². The zero-order valence-electron chi connectivity index (χ0n) is 6.29. The van der Waals surface area contributed by atoms with Crippen LogP contribution in [0.5, 0.6) is 0 Å². The number of carbonyl (C=O) groups is 1. The summed E-state index contributed by atoms with van der Waals surface area (Å²) < 4.78 is 0. The normalized spacial score (nSPS) is 12.0. The van der Waals surface area contributed by atoms with Crippen molar-refractivity contribution in [2.24, 2.45) is 4.99 Å². The Morgan fingerprint density at radius 2 is 2.20 bits per heavy atom. The van der Waals surface area contributed by atoms with Crippen molar-refractivity contribution in [3.05, 3.63) is 24.4 Å². The van der Waals surface area contributed by atoms with Gasteiger partial charge in [0.1, 0.15) is 0 Å². The summed E-state index contributed by atoms with van der Waals surface area (Å²) in [4.78, 5) is 14.5. The van der Waals surface area contributed by atoms with E-state index in [0.717, 1.165) is 0 Å². The van der Waals surface area contributed by atoms with Crippen LogP contribution in [0.4, 0.5) is 0 Å². The third kappa shape index (κ3) is 2.97. The summed E-state index contributed by atoms with van der Waals surface area (Å²) in [6.45, 7) is 6.75. The predicted molar refractivity (Wildman–Crippen MR) is 43.1 cm³/mol. The van der Waals surface area contributed by atoms with Crippen LogP contribution in [0, 0.1) is 0 Å². The van der Waals surface area contributed by atoms with Crippen LogP contribution in [-0.4, -0.2) is 12.0 Å². The van der Waals surface area contributed by atoms with Gasteiger partial charge in [0.15, 0.2) is 5.78 Å². The molecular formula is C8H11NO. The molecule has 0 saturated heterocycles. The monoisotopic (exact) mass is 137 g/mol. The Morgan fingerprint density at radius 3 is 2.50 bits per heavy atom. The van der Waals surface area contributed by atoms with Crippen molar-refractivity contribution in [3.63, 3.8) is 0 Å². The maximum atomic E-state index is 10.7. The second-order valence-electron chi connectivity index (χ2n) is 1.75. The molecule has 0 amide bonds. The van der Waals surface area contributed by atoms with E-state index in [4.69, 9.17) is 0 Å². The fourth-order valence-electron chi connectivity index (χ4n) is 0.442. The molecule has 0 spiro atoms. The Hall–Kier alpha value is -1.18. The highest BCUT2D eigenvalue weighted by Gasteiger charge is 1.94. The van der Waals surface area contributed by atoms with Crippen molar-refractivity contribution < 1.29 is 4.79 Å². The first-order valence-electron chi connectivity index (χ1n) is 3.03. The van der Waals surface area contributed by atoms with E-state index in [1.54, 1.807) is 13.1 Å². The van der Waals surface area contributed by atoms with Crippen LogP contribution >= 0.6 is 0 Å². The van der Waals surface area contributed by atoms with Crippen LogP contribution in [0.1, 0.15) is 13.8 Å². The zero-order valence-corrected chi connectivity index (χ0v) is 6.29. The molecule has 0 aromatic heterocycles. The number of aliphatic imine (C=N–C) groups is 1. The number of ketones is 1. The number of hydrogen-bond donors (Lipinski definition) is 0. The number of hydrogen-bond acceptors (Lipinski definition) is 2. The average molecular weight is 137 g/mol. The molecule has 0 unspecified atom stereocenters. The lowest BCUT2D eigenvalue weighted by Gasteiger charge is -1.89.